The van der Waals surface area contributed by atoms with Gasteiger partial charge in [0, 0.05) is 0 Å². The van der Waals surface area contributed by atoms with Crippen LogP contribution in [0.15, 0.2) is 0 Å². The molecule has 0 bridgehead atoms. The molecule has 0 aromatic rings. The minimum atomic E-state index is 0.0373. The molecule has 180 valence electrons. The molecule has 0 aromatic carbocycles. The van der Waals surface area contributed by atoms with E-state index in [4.69, 9.17) is 4.74 Å². The Morgan fingerprint density at radius 2 is 0.933 bits per heavy atom. The number of carbonyl (C=O) groups excluding carboxylic acids is 1. The van der Waals surface area contributed by atoms with Gasteiger partial charge in [0.1, 0.15) is 0 Å². The van der Waals surface area contributed by atoms with Crippen molar-refractivity contribution in [3.63, 3.8) is 0 Å². The fourth-order valence-electron chi connectivity index (χ4n) is 4.25. The van der Waals surface area contributed by atoms with Gasteiger partial charge >= 0.3 is 5.97 Å². The van der Waals surface area contributed by atoms with Crippen LogP contribution in [0.1, 0.15) is 156 Å². The predicted molar refractivity (Wildman–Crippen MR) is 133 cm³/mol. The number of hydrogen-bond donors (Lipinski definition) is 0. The summed E-state index contributed by atoms with van der Waals surface area (Å²) >= 11 is 0. The second kappa shape index (κ2) is 23.1. The van der Waals surface area contributed by atoms with E-state index in [0.29, 0.717) is 12.5 Å². The molecule has 2 nitrogen and oxygen atoms in total. The molecule has 0 rings (SSSR count). The van der Waals surface area contributed by atoms with Crippen LogP contribution in [-0.4, -0.2) is 12.6 Å². The van der Waals surface area contributed by atoms with Crippen molar-refractivity contribution in [1.82, 2.24) is 0 Å². The molecule has 1 unspecified atom stereocenters. The molecule has 0 spiro atoms. The number of carbonyl (C=O) groups is 1. The fraction of sp³-hybridized carbons (Fsp3) is 0.964. The van der Waals surface area contributed by atoms with Crippen molar-refractivity contribution >= 4 is 5.97 Å². The molecule has 0 aliphatic heterocycles. The molecule has 0 aliphatic rings. The van der Waals surface area contributed by atoms with Gasteiger partial charge in [-0.1, -0.05) is 137 Å². The Hall–Kier alpha value is -0.530. The lowest BCUT2D eigenvalue weighted by Crippen LogP contribution is -2.19. The molecule has 0 radical (unpaired) electrons. The van der Waals surface area contributed by atoms with Crippen molar-refractivity contribution in [2.45, 2.75) is 156 Å². The van der Waals surface area contributed by atoms with Crippen LogP contribution >= 0.6 is 0 Å². The van der Waals surface area contributed by atoms with Gasteiger partial charge in [0.2, 0.25) is 0 Å². The smallest absolute Gasteiger partial charge is 0.308 e. The molecule has 30 heavy (non-hydrogen) atoms. The Morgan fingerprint density at radius 1 is 0.567 bits per heavy atom. The van der Waals surface area contributed by atoms with E-state index in [1.165, 1.54) is 116 Å². The Kier molecular flexibility index (Phi) is 22.7. The highest BCUT2D eigenvalue weighted by molar-refractivity contribution is 5.71. The molecule has 0 saturated heterocycles. The molecule has 0 heterocycles. The largest absolute Gasteiger partial charge is 0.465 e. The molecule has 1 atom stereocenters. The van der Waals surface area contributed by atoms with E-state index >= 15 is 0 Å². The average Bonchev–Trinajstić information content (AvgIpc) is 2.75. The lowest BCUT2D eigenvalue weighted by molar-refractivity contribution is -0.149. The maximum Gasteiger partial charge on any atom is 0.308 e. The van der Waals surface area contributed by atoms with Crippen molar-refractivity contribution in [1.29, 1.82) is 0 Å². The second-order valence-electron chi connectivity index (χ2n) is 9.71. The first-order valence-corrected chi connectivity index (χ1v) is 13.8. The van der Waals surface area contributed by atoms with E-state index in [1.807, 2.05) is 6.92 Å². The quantitative estimate of drug-likeness (QED) is 0.120. The van der Waals surface area contributed by atoms with Crippen LogP contribution in [0.4, 0.5) is 0 Å². The number of hydrogen-bond acceptors (Lipinski definition) is 2. The molecular weight excluding hydrogens is 368 g/mol. The highest BCUT2D eigenvalue weighted by Gasteiger charge is 2.17. The number of rotatable bonds is 23. The molecule has 0 amide bonds. The van der Waals surface area contributed by atoms with Crippen LogP contribution in [0.2, 0.25) is 0 Å². The van der Waals surface area contributed by atoms with Gasteiger partial charge in [0.15, 0.2) is 0 Å². The molecule has 0 N–H and O–H groups in total. The van der Waals surface area contributed by atoms with Gasteiger partial charge in [-0.3, -0.25) is 4.79 Å². The topological polar surface area (TPSA) is 26.3 Å². The van der Waals surface area contributed by atoms with Crippen LogP contribution < -0.4 is 0 Å². The SMILES string of the molecule is CCCCCCCCCC(CCCCCCCCC)COC(=O)C(C)CCCCC. The Labute approximate surface area is 190 Å². The summed E-state index contributed by atoms with van der Waals surface area (Å²) in [6, 6.07) is 0. The van der Waals surface area contributed by atoms with Gasteiger partial charge in [0.05, 0.1) is 12.5 Å². The van der Waals surface area contributed by atoms with Crippen LogP contribution in [-0.2, 0) is 9.53 Å². The third-order valence-corrected chi connectivity index (χ3v) is 6.54. The van der Waals surface area contributed by atoms with Crippen molar-refractivity contribution in [3.05, 3.63) is 0 Å². The molecule has 0 aromatic heterocycles. The lowest BCUT2D eigenvalue weighted by Gasteiger charge is -2.19. The normalized spacial score (nSPS) is 12.4. The average molecular weight is 425 g/mol. The first kappa shape index (κ1) is 29.5. The maximum absolute atomic E-state index is 12.4. The third kappa shape index (κ3) is 19.4. The zero-order valence-corrected chi connectivity index (χ0v) is 21.3. The summed E-state index contributed by atoms with van der Waals surface area (Å²) < 4.78 is 5.78. The van der Waals surface area contributed by atoms with Crippen molar-refractivity contribution < 1.29 is 9.53 Å². The Morgan fingerprint density at radius 3 is 1.40 bits per heavy atom. The summed E-state index contributed by atoms with van der Waals surface area (Å²) in [5.74, 6) is 0.674. The Balaban J connectivity index is 4.13. The van der Waals surface area contributed by atoms with Crippen molar-refractivity contribution in [2.24, 2.45) is 11.8 Å². The summed E-state index contributed by atoms with van der Waals surface area (Å²) in [5, 5.41) is 0. The molecular formula is C28H56O2. The van der Waals surface area contributed by atoms with E-state index < -0.39 is 0 Å². The van der Waals surface area contributed by atoms with E-state index in [2.05, 4.69) is 20.8 Å². The zero-order chi connectivity index (χ0) is 22.3. The maximum atomic E-state index is 12.4. The summed E-state index contributed by atoms with van der Waals surface area (Å²) in [6.07, 6.45) is 26.0. The predicted octanol–water partition coefficient (Wildman–Crippen LogP) is 9.64. The van der Waals surface area contributed by atoms with E-state index in [9.17, 15) is 4.79 Å². The van der Waals surface area contributed by atoms with Gasteiger partial charge in [-0.25, -0.2) is 0 Å². The monoisotopic (exact) mass is 424 g/mol. The summed E-state index contributed by atoms with van der Waals surface area (Å²) in [4.78, 5) is 12.4. The summed E-state index contributed by atoms with van der Waals surface area (Å²) in [5.41, 5.74) is 0. The first-order valence-electron chi connectivity index (χ1n) is 13.8. The van der Waals surface area contributed by atoms with Crippen LogP contribution in [0.25, 0.3) is 0 Å². The van der Waals surface area contributed by atoms with E-state index in [0.717, 1.165) is 12.8 Å². The summed E-state index contributed by atoms with van der Waals surface area (Å²) in [7, 11) is 0. The van der Waals surface area contributed by atoms with E-state index in [-0.39, 0.29) is 11.9 Å². The Bertz CT molecular complexity index is 335. The number of unbranched alkanes of at least 4 members (excludes halogenated alkanes) is 14. The number of ether oxygens (including phenoxy) is 1. The minimum Gasteiger partial charge on any atom is -0.465 e. The first-order chi connectivity index (χ1) is 14.7. The minimum absolute atomic E-state index is 0.0373. The van der Waals surface area contributed by atoms with Crippen molar-refractivity contribution in [2.75, 3.05) is 6.61 Å². The molecule has 0 aliphatic carbocycles. The summed E-state index contributed by atoms with van der Waals surface area (Å²) in [6.45, 7) is 9.46. The van der Waals surface area contributed by atoms with Crippen LogP contribution in [0.5, 0.6) is 0 Å². The number of esters is 1. The van der Waals surface area contributed by atoms with Crippen LogP contribution in [0.3, 0.4) is 0 Å². The second-order valence-corrected chi connectivity index (χ2v) is 9.71. The van der Waals surface area contributed by atoms with Gasteiger partial charge in [0.25, 0.3) is 0 Å². The van der Waals surface area contributed by atoms with Crippen molar-refractivity contribution in [3.8, 4) is 0 Å². The van der Waals surface area contributed by atoms with Crippen LogP contribution in [0, 0.1) is 11.8 Å². The molecule has 2 heteroatoms. The van der Waals surface area contributed by atoms with Gasteiger partial charge in [-0.15, -0.1) is 0 Å². The van der Waals surface area contributed by atoms with Gasteiger partial charge < -0.3 is 4.74 Å². The van der Waals surface area contributed by atoms with E-state index in [1.54, 1.807) is 0 Å². The standard InChI is InChI=1S/C28H56O2/c1-5-8-11-13-15-17-20-23-27(24-21-18-16-14-12-9-6-2)25-30-28(29)26(4)22-19-10-7-3/h26-27H,5-25H2,1-4H3. The zero-order valence-electron chi connectivity index (χ0n) is 21.3. The highest BCUT2D eigenvalue weighted by atomic mass is 16.5. The molecule has 0 fully saturated rings. The molecule has 0 saturated carbocycles. The van der Waals surface area contributed by atoms with Gasteiger partial charge in [-0.05, 0) is 25.2 Å². The third-order valence-electron chi connectivity index (χ3n) is 6.54. The van der Waals surface area contributed by atoms with Gasteiger partial charge in [-0.2, -0.15) is 0 Å². The fourth-order valence-corrected chi connectivity index (χ4v) is 4.25. The lowest BCUT2D eigenvalue weighted by atomic mass is 9.94. The highest BCUT2D eigenvalue weighted by Crippen LogP contribution is 2.21.